The van der Waals surface area contributed by atoms with E-state index in [1.54, 1.807) is 0 Å². The van der Waals surface area contributed by atoms with Crippen molar-refractivity contribution in [3.8, 4) is 11.5 Å². The van der Waals surface area contributed by atoms with Gasteiger partial charge in [-0.3, -0.25) is 0 Å². The van der Waals surface area contributed by atoms with Crippen molar-refractivity contribution in [2.24, 2.45) is 0 Å². The molecule has 6 nitrogen and oxygen atoms in total. The van der Waals surface area contributed by atoms with Gasteiger partial charge in [0.15, 0.2) is 5.58 Å². The molecule has 4 rings (SSSR count). The van der Waals surface area contributed by atoms with E-state index >= 15 is 0 Å². The molecule has 0 aliphatic carbocycles. The number of halogens is 3. The van der Waals surface area contributed by atoms with E-state index in [9.17, 15) is 13.2 Å². The fourth-order valence-corrected chi connectivity index (χ4v) is 2.95. The van der Waals surface area contributed by atoms with Gasteiger partial charge in [0.25, 0.3) is 6.01 Å². The maximum absolute atomic E-state index is 13.2. The first-order valence-corrected chi connectivity index (χ1v) is 7.82. The standard InChI is InChI=1S/C16H15F3N4O2/c1-9-8-20-2-4-23(9)15-22-12-7-10(16(17,18)19)6-11(13(12)25-15)14-21-3-5-24-14/h3,5-7,9,20H,2,4,8H2,1H3/t9-/m0/s1. The first-order valence-electron chi connectivity index (χ1n) is 7.82. The lowest BCUT2D eigenvalue weighted by Crippen LogP contribution is -2.50. The molecule has 3 heterocycles. The second-order valence-electron chi connectivity index (χ2n) is 5.95. The molecule has 25 heavy (non-hydrogen) atoms. The van der Waals surface area contributed by atoms with Gasteiger partial charge in [-0.15, -0.1) is 0 Å². The molecule has 0 unspecified atom stereocenters. The number of anilines is 1. The van der Waals surface area contributed by atoms with E-state index in [0.717, 1.165) is 25.2 Å². The van der Waals surface area contributed by atoms with E-state index in [4.69, 9.17) is 8.83 Å². The largest absolute Gasteiger partial charge is 0.444 e. The summed E-state index contributed by atoms with van der Waals surface area (Å²) in [6.45, 7) is 4.16. The molecule has 1 aliphatic rings. The number of fused-ring (bicyclic) bond motifs is 1. The Hall–Kier alpha value is -2.55. The number of nitrogens with one attached hydrogen (secondary N) is 1. The fourth-order valence-electron chi connectivity index (χ4n) is 2.95. The fraction of sp³-hybridized carbons (Fsp3) is 0.375. The zero-order valence-electron chi connectivity index (χ0n) is 13.3. The molecule has 0 saturated carbocycles. The minimum Gasteiger partial charge on any atom is -0.444 e. The number of benzene rings is 1. The van der Waals surface area contributed by atoms with Gasteiger partial charge in [0, 0.05) is 25.7 Å². The Labute approximate surface area is 140 Å². The van der Waals surface area contributed by atoms with Gasteiger partial charge in [0.2, 0.25) is 5.89 Å². The van der Waals surface area contributed by atoms with Crippen LogP contribution >= 0.6 is 0 Å². The zero-order valence-corrected chi connectivity index (χ0v) is 13.3. The molecule has 1 aliphatic heterocycles. The van der Waals surface area contributed by atoms with Crippen molar-refractivity contribution in [1.29, 1.82) is 0 Å². The molecule has 0 bridgehead atoms. The van der Waals surface area contributed by atoms with Gasteiger partial charge in [-0.25, -0.2) is 4.98 Å². The van der Waals surface area contributed by atoms with E-state index in [-0.39, 0.29) is 28.6 Å². The summed E-state index contributed by atoms with van der Waals surface area (Å²) in [5.74, 6) is 0.0622. The average molecular weight is 352 g/mol. The molecule has 9 heteroatoms. The molecular weight excluding hydrogens is 337 g/mol. The highest BCUT2D eigenvalue weighted by Gasteiger charge is 2.33. The second kappa shape index (κ2) is 5.76. The summed E-state index contributed by atoms with van der Waals surface area (Å²) < 4.78 is 50.7. The molecule has 3 aromatic rings. The van der Waals surface area contributed by atoms with Crippen molar-refractivity contribution in [1.82, 2.24) is 15.3 Å². The van der Waals surface area contributed by atoms with Crippen LogP contribution in [0.4, 0.5) is 19.2 Å². The summed E-state index contributed by atoms with van der Waals surface area (Å²) in [7, 11) is 0. The summed E-state index contributed by atoms with van der Waals surface area (Å²) in [4.78, 5) is 10.2. The predicted molar refractivity (Wildman–Crippen MR) is 84.2 cm³/mol. The number of oxazole rings is 2. The Morgan fingerprint density at radius 1 is 1.32 bits per heavy atom. The third-order valence-electron chi connectivity index (χ3n) is 4.22. The molecule has 1 fully saturated rings. The second-order valence-corrected chi connectivity index (χ2v) is 5.95. The van der Waals surface area contributed by atoms with Gasteiger partial charge < -0.3 is 19.1 Å². The van der Waals surface area contributed by atoms with Crippen LogP contribution in [0, 0.1) is 0 Å². The average Bonchev–Trinajstić information content (AvgIpc) is 3.23. The van der Waals surface area contributed by atoms with Gasteiger partial charge in [-0.1, -0.05) is 0 Å². The molecule has 0 radical (unpaired) electrons. The number of rotatable bonds is 2. The molecule has 1 atom stereocenters. The molecule has 1 saturated heterocycles. The quantitative estimate of drug-likeness (QED) is 0.763. The SMILES string of the molecule is C[C@H]1CNCCN1c1nc2cc(C(F)(F)F)cc(-c3ncco3)c2o1. The number of nitrogens with zero attached hydrogens (tertiary/aromatic N) is 3. The maximum Gasteiger partial charge on any atom is 0.416 e. The van der Waals surface area contributed by atoms with Gasteiger partial charge in [-0.05, 0) is 19.1 Å². The Morgan fingerprint density at radius 3 is 2.84 bits per heavy atom. The summed E-state index contributed by atoms with van der Waals surface area (Å²) in [5.41, 5.74) is -0.322. The highest BCUT2D eigenvalue weighted by molar-refractivity contribution is 5.89. The summed E-state index contributed by atoms with van der Waals surface area (Å²) in [6.07, 6.45) is -1.83. The molecule has 132 valence electrons. The minimum atomic E-state index is -4.50. The van der Waals surface area contributed by atoms with Crippen LogP contribution in [0.5, 0.6) is 0 Å². The van der Waals surface area contributed by atoms with Crippen molar-refractivity contribution < 1.29 is 22.0 Å². The van der Waals surface area contributed by atoms with Gasteiger partial charge >= 0.3 is 6.18 Å². The molecule has 1 N–H and O–H groups in total. The van der Waals surface area contributed by atoms with Crippen molar-refractivity contribution in [3.63, 3.8) is 0 Å². The maximum atomic E-state index is 13.2. The predicted octanol–water partition coefficient (Wildman–Crippen LogP) is 3.30. The van der Waals surface area contributed by atoms with E-state index in [2.05, 4.69) is 15.3 Å². The van der Waals surface area contributed by atoms with Crippen LogP contribution in [0.15, 0.2) is 33.4 Å². The first-order chi connectivity index (χ1) is 11.9. The number of piperazine rings is 1. The first kappa shape index (κ1) is 15.9. The minimum absolute atomic E-state index is 0.0622. The Morgan fingerprint density at radius 2 is 2.16 bits per heavy atom. The lowest BCUT2D eigenvalue weighted by molar-refractivity contribution is -0.137. The third-order valence-corrected chi connectivity index (χ3v) is 4.22. The van der Waals surface area contributed by atoms with Crippen molar-refractivity contribution >= 4 is 17.1 Å². The highest BCUT2D eigenvalue weighted by Crippen LogP contribution is 2.38. The lowest BCUT2D eigenvalue weighted by Gasteiger charge is -2.32. The monoisotopic (exact) mass is 352 g/mol. The van der Waals surface area contributed by atoms with E-state index in [1.807, 2.05) is 11.8 Å². The molecule has 0 spiro atoms. The molecule has 1 aromatic carbocycles. The summed E-state index contributed by atoms with van der Waals surface area (Å²) >= 11 is 0. The highest BCUT2D eigenvalue weighted by atomic mass is 19.4. The summed E-state index contributed by atoms with van der Waals surface area (Å²) in [5, 5.41) is 3.25. The van der Waals surface area contributed by atoms with Gasteiger partial charge in [0.05, 0.1) is 17.3 Å². The summed E-state index contributed by atoms with van der Waals surface area (Å²) in [6, 6.07) is 2.39. The number of hydrogen-bond donors (Lipinski definition) is 1. The molecular formula is C16H15F3N4O2. The van der Waals surface area contributed by atoms with Crippen LogP contribution in [-0.4, -0.2) is 35.6 Å². The van der Waals surface area contributed by atoms with Crippen LogP contribution in [-0.2, 0) is 6.18 Å². The molecule has 0 amide bonds. The van der Waals surface area contributed by atoms with Crippen LogP contribution in [0.3, 0.4) is 0 Å². The van der Waals surface area contributed by atoms with E-state index in [0.29, 0.717) is 12.6 Å². The smallest absolute Gasteiger partial charge is 0.416 e. The van der Waals surface area contributed by atoms with E-state index < -0.39 is 11.7 Å². The molecule has 2 aromatic heterocycles. The normalized spacial score (nSPS) is 18.9. The lowest BCUT2D eigenvalue weighted by atomic mass is 10.1. The zero-order chi connectivity index (χ0) is 17.6. The van der Waals surface area contributed by atoms with Crippen LogP contribution in [0.25, 0.3) is 22.6 Å². The number of alkyl halides is 3. The third kappa shape index (κ3) is 2.84. The number of hydrogen-bond acceptors (Lipinski definition) is 6. The van der Waals surface area contributed by atoms with Crippen LogP contribution in [0.2, 0.25) is 0 Å². The Kier molecular flexibility index (Phi) is 3.68. The van der Waals surface area contributed by atoms with Crippen molar-refractivity contribution in [2.45, 2.75) is 19.1 Å². The van der Waals surface area contributed by atoms with Crippen LogP contribution in [0.1, 0.15) is 12.5 Å². The van der Waals surface area contributed by atoms with Crippen LogP contribution < -0.4 is 10.2 Å². The van der Waals surface area contributed by atoms with Gasteiger partial charge in [-0.2, -0.15) is 18.2 Å². The Balaban J connectivity index is 1.89. The van der Waals surface area contributed by atoms with E-state index in [1.165, 1.54) is 12.5 Å². The Bertz CT molecular complexity index is 889. The van der Waals surface area contributed by atoms with Crippen molar-refractivity contribution in [2.75, 3.05) is 24.5 Å². The van der Waals surface area contributed by atoms with Gasteiger partial charge in [0.1, 0.15) is 11.8 Å². The van der Waals surface area contributed by atoms with Crippen molar-refractivity contribution in [3.05, 3.63) is 30.2 Å². The number of aromatic nitrogens is 2. The topological polar surface area (TPSA) is 67.3 Å².